The Morgan fingerprint density at radius 1 is 1.24 bits per heavy atom. The molecule has 0 atom stereocenters. The monoisotopic (exact) mass is 408 g/mol. The van der Waals surface area contributed by atoms with Crippen molar-refractivity contribution in [3.05, 3.63) is 64.0 Å². The molecular formula is C23H25ClN4O. The fourth-order valence-corrected chi connectivity index (χ4v) is 4.16. The number of nitrogens with one attached hydrogen (secondary N) is 1. The zero-order valence-electron chi connectivity index (χ0n) is 16.8. The number of carbonyl (C=O) groups is 1. The van der Waals surface area contributed by atoms with Gasteiger partial charge in [0.1, 0.15) is 0 Å². The van der Waals surface area contributed by atoms with E-state index in [4.69, 9.17) is 11.6 Å². The number of nitrogens with zero attached hydrogens (tertiary/aromatic N) is 3. The number of hydrogen-bond donors (Lipinski definition) is 1. The molecule has 1 aliphatic rings. The van der Waals surface area contributed by atoms with Gasteiger partial charge in [-0.2, -0.15) is 5.10 Å². The first kappa shape index (κ1) is 19.6. The number of fused-ring (bicyclic) bond motifs is 1. The first-order chi connectivity index (χ1) is 14.0. The van der Waals surface area contributed by atoms with Gasteiger partial charge in [0.25, 0.3) is 5.91 Å². The highest BCUT2D eigenvalue weighted by Crippen LogP contribution is 2.28. The highest BCUT2D eigenvalue weighted by Gasteiger charge is 2.20. The van der Waals surface area contributed by atoms with Crippen LogP contribution in [-0.2, 0) is 0 Å². The number of carbonyl (C=O) groups excluding carboxylic acids is 1. The van der Waals surface area contributed by atoms with E-state index in [0.717, 1.165) is 41.7 Å². The van der Waals surface area contributed by atoms with Crippen LogP contribution >= 0.6 is 11.6 Å². The molecule has 6 heteroatoms. The topological polar surface area (TPSA) is 59.8 Å². The van der Waals surface area contributed by atoms with Crippen molar-refractivity contribution in [2.75, 3.05) is 6.54 Å². The summed E-state index contributed by atoms with van der Waals surface area (Å²) in [6.45, 7) is 4.43. The zero-order chi connectivity index (χ0) is 20.4. The van der Waals surface area contributed by atoms with Crippen molar-refractivity contribution in [3.8, 4) is 5.69 Å². The maximum Gasteiger partial charge on any atom is 0.252 e. The van der Waals surface area contributed by atoms with Gasteiger partial charge in [-0.3, -0.25) is 4.79 Å². The second-order valence-corrected chi connectivity index (χ2v) is 7.98. The SMILES string of the molecule is Cc1cc(C(=O)NCCC2=CCCCC2)c2c(C)nn(-c3ccccc3Cl)c2n1. The second-order valence-electron chi connectivity index (χ2n) is 7.57. The van der Waals surface area contributed by atoms with Gasteiger partial charge in [-0.25, -0.2) is 9.67 Å². The third-order valence-corrected chi connectivity index (χ3v) is 5.70. The molecule has 1 N–H and O–H groups in total. The van der Waals surface area contributed by atoms with Crippen molar-refractivity contribution in [2.24, 2.45) is 0 Å². The van der Waals surface area contributed by atoms with Gasteiger partial charge in [-0.05, 0) is 64.2 Å². The van der Waals surface area contributed by atoms with Crippen molar-refractivity contribution >= 4 is 28.5 Å². The predicted octanol–water partition coefficient (Wildman–Crippen LogP) is 5.31. The van der Waals surface area contributed by atoms with Crippen LogP contribution in [0.5, 0.6) is 0 Å². The largest absolute Gasteiger partial charge is 0.352 e. The summed E-state index contributed by atoms with van der Waals surface area (Å²) in [6, 6.07) is 9.35. The van der Waals surface area contributed by atoms with E-state index in [1.54, 1.807) is 4.68 Å². The van der Waals surface area contributed by atoms with E-state index >= 15 is 0 Å². The van der Waals surface area contributed by atoms with Gasteiger partial charge in [0.2, 0.25) is 0 Å². The minimum Gasteiger partial charge on any atom is -0.352 e. The average Bonchev–Trinajstić information content (AvgIpc) is 3.04. The summed E-state index contributed by atoms with van der Waals surface area (Å²) in [4.78, 5) is 17.7. The van der Waals surface area contributed by atoms with Crippen LogP contribution in [0.2, 0.25) is 5.02 Å². The Morgan fingerprint density at radius 2 is 2.07 bits per heavy atom. The van der Waals surface area contributed by atoms with Gasteiger partial charge in [-0.15, -0.1) is 0 Å². The van der Waals surface area contributed by atoms with Crippen LogP contribution in [0.15, 0.2) is 42.0 Å². The summed E-state index contributed by atoms with van der Waals surface area (Å²) in [5.74, 6) is -0.0845. The highest BCUT2D eigenvalue weighted by atomic mass is 35.5. The van der Waals surface area contributed by atoms with Crippen LogP contribution < -0.4 is 5.32 Å². The number of rotatable bonds is 5. The molecule has 0 unspecified atom stereocenters. The molecule has 0 fully saturated rings. The second kappa shape index (κ2) is 8.37. The molecule has 2 aromatic heterocycles. The van der Waals surface area contributed by atoms with E-state index in [1.807, 2.05) is 44.2 Å². The quantitative estimate of drug-likeness (QED) is 0.582. The number of benzene rings is 1. The van der Waals surface area contributed by atoms with Crippen molar-refractivity contribution in [1.82, 2.24) is 20.1 Å². The number of aryl methyl sites for hydroxylation is 2. The van der Waals surface area contributed by atoms with Gasteiger partial charge in [0.05, 0.1) is 27.4 Å². The van der Waals surface area contributed by atoms with Crippen molar-refractivity contribution in [1.29, 1.82) is 0 Å². The number of aromatic nitrogens is 3. The normalized spacial score (nSPS) is 14.1. The molecule has 0 radical (unpaired) electrons. The van der Waals surface area contributed by atoms with E-state index in [1.165, 1.54) is 18.4 Å². The van der Waals surface area contributed by atoms with Crippen LogP contribution in [-0.4, -0.2) is 27.2 Å². The van der Waals surface area contributed by atoms with Crippen LogP contribution in [0, 0.1) is 13.8 Å². The fourth-order valence-electron chi connectivity index (χ4n) is 3.95. The number of pyridine rings is 1. The minimum absolute atomic E-state index is 0.0845. The van der Waals surface area contributed by atoms with Crippen LogP contribution in [0.3, 0.4) is 0 Å². The van der Waals surface area contributed by atoms with E-state index < -0.39 is 0 Å². The Morgan fingerprint density at radius 3 is 2.83 bits per heavy atom. The fraction of sp³-hybridized carbons (Fsp3) is 0.348. The molecule has 2 heterocycles. The molecule has 1 amide bonds. The molecule has 29 heavy (non-hydrogen) atoms. The number of amides is 1. The molecule has 0 saturated carbocycles. The molecule has 0 saturated heterocycles. The van der Waals surface area contributed by atoms with E-state index in [2.05, 4.69) is 21.5 Å². The summed E-state index contributed by atoms with van der Waals surface area (Å²) in [5.41, 5.74) is 4.99. The van der Waals surface area contributed by atoms with Gasteiger partial charge >= 0.3 is 0 Å². The molecular weight excluding hydrogens is 384 g/mol. The molecule has 150 valence electrons. The predicted molar refractivity (Wildman–Crippen MR) is 117 cm³/mol. The molecule has 0 aliphatic heterocycles. The number of hydrogen-bond acceptors (Lipinski definition) is 3. The van der Waals surface area contributed by atoms with Crippen molar-refractivity contribution < 1.29 is 4.79 Å². The van der Waals surface area contributed by atoms with Crippen LogP contribution in [0.1, 0.15) is 53.8 Å². The highest BCUT2D eigenvalue weighted by molar-refractivity contribution is 6.32. The van der Waals surface area contributed by atoms with Gasteiger partial charge in [0, 0.05) is 12.2 Å². The number of allylic oxidation sites excluding steroid dienone is 1. The smallest absolute Gasteiger partial charge is 0.252 e. The van der Waals surface area contributed by atoms with Crippen molar-refractivity contribution in [3.63, 3.8) is 0 Å². The first-order valence-electron chi connectivity index (χ1n) is 10.1. The third-order valence-electron chi connectivity index (χ3n) is 5.38. The van der Waals surface area contributed by atoms with Gasteiger partial charge in [-0.1, -0.05) is 35.4 Å². The van der Waals surface area contributed by atoms with Gasteiger partial charge < -0.3 is 5.32 Å². The van der Waals surface area contributed by atoms with Crippen molar-refractivity contribution in [2.45, 2.75) is 46.0 Å². The Bertz CT molecular complexity index is 1100. The standard InChI is InChI=1S/C23H25ClN4O/c1-15-14-18(23(29)25-13-12-17-8-4-3-5-9-17)21-16(2)27-28(22(21)26-15)20-11-7-6-10-19(20)24/h6-8,10-11,14H,3-5,9,12-13H2,1-2H3,(H,25,29). The first-order valence-corrected chi connectivity index (χ1v) is 10.5. The van der Waals surface area contributed by atoms with Crippen LogP contribution in [0.4, 0.5) is 0 Å². The molecule has 3 aromatic rings. The summed E-state index contributed by atoms with van der Waals surface area (Å²) < 4.78 is 1.73. The van der Waals surface area contributed by atoms with Crippen LogP contribution in [0.25, 0.3) is 16.7 Å². The van der Waals surface area contributed by atoms with E-state index in [-0.39, 0.29) is 5.91 Å². The lowest BCUT2D eigenvalue weighted by Crippen LogP contribution is -2.25. The average molecular weight is 409 g/mol. The maximum atomic E-state index is 13.0. The third kappa shape index (κ3) is 4.06. The molecule has 0 bridgehead atoms. The molecule has 4 rings (SSSR count). The molecule has 1 aliphatic carbocycles. The maximum absolute atomic E-state index is 13.0. The summed E-state index contributed by atoms with van der Waals surface area (Å²) in [7, 11) is 0. The Kier molecular flexibility index (Phi) is 5.67. The lowest BCUT2D eigenvalue weighted by molar-refractivity contribution is 0.0955. The summed E-state index contributed by atoms with van der Waals surface area (Å²) >= 11 is 6.38. The zero-order valence-corrected chi connectivity index (χ0v) is 17.6. The summed E-state index contributed by atoms with van der Waals surface area (Å²) in [5, 5.41) is 9.08. The van der Waals surface area contributed by atoms with E-state index in [0.29, 0.717) is 22.8 Å². The molecule has 0 spiro atoms. The lowest BCUT2D eigenvalue weighted by atomic mass is 9.97. The Labute approximate surface area is 175 Å². The lowest BCUT2D eigenvalue weighted by Gasteiger charge is -2.13. The minimum atomic E-state index is -0.0845. The Balaban J connectivity index is 1.65. The summed E-state index contributed by atoms with van der Waals surface area (Å²) in [6.07, 6.45) is 8.08. The molecule has 5 nitrogen and oxygen atoms in total. The Hall–Kier alpha value is -2.66. The number of para-hydroxylation sites is 1. The van der Waals surface area contributed by atoms with Gasteiger partial charge in [0.15, 0.2) is 5.65 Å². The molecule has 1 aromatic carbocycles. The van der Waals surface area contributed by atoms with E-state index in [9.17, 15) is 4.79 Å². The number of halogens is 1.